The van der Waals surface area contributed by atoms with Gasteiger partial charge in [-0.05, 0) is 37.1 Å². The Kier molecular flexibility index (Phi) is 3.78. The standard InChI is InChI=1S/C15H13ClFN3S/c1-8-9(2)19-14(15-18-5-6-21-15)20-13(8)11-4-3-10(17)7-12(11)16/h3-7,13H,1-2H3,(H,19,20). The van der Waals surface area contributed by atoms with E-state index in [-0.39, 0.29) is 11.9 Å². The lowest BCUT2D eigenvalue weighted by atomic mass is 9.97. The van der Waals surface area contributed by atoms with E-state index in [0.29, 0.717) is 5.02 Å². The summed E-state index contributed by atoms with van der Waals surface area (Å²) in [4.78, 5) is 8.98. The van der Waals surface area contributed by atoms with Crippen molar-refractivity contribution in [1.82, 2.24) is 10.3 Å². The number of thiazole rings is 1. The molecule has 0 bridgehead atoms. The maximum atomic E-state index is 13.2. The second kappa shape index (κ2) is 5.58. The summed E-state index contributed by atoms with van der Waals surface area (Å²) in [5.74, 6) is 0.374. The number of halogens is 2. The van der Waals surface area contributed by atoms with E-state index in [1.165, 1.54) is 23.5 Å². The molecule has 1 aromatic carbocycles. The summed E-state index contributed by atoms with van der Waals surface area (Å²) in [7, 11) is 0. The zero-order valence-electron chi connectivity index (χ0n) is 11.5. The van der Waals surface area contributed by atoms with Crippen molar-refractivity contribution in [3.05, 3.63) is 62.5 Å². The molecule has 3 nitrogen and oxygen atoms in total. The van der Waals surface area contributed by atoms with Crippen LogP contribution in [-0.2, 0) is 0 Å². The largest absolute Gasteiger partial charge is 0.342 e. The average molecular weight is 322 g/mol. The van der Waals surface area contributed by atoms with Crippen LogP contribution in [0.25, 0.3) is 0 Å². The molecule has 0 amide bonds. The van der Waals surface area contributed by atoms with Crippen molar-refractivity contribution >= 4 is 28.8 Å². The van der Waals surface area contributed by atoms with Crippen molar-refractivity contribution in [3.63, 3.8) is 0 Å². The molecule has 0 aliphatic carbocycles. The predicted octanol–water partition coefficient (Wildman–Crippen LogP) is 4.32. The van der Waals surface area contributed by atoms with Crippen LogP contribution in [0.15, 0.2) is 46.0 Å². The van der Waals surface area contributed by atoms with Crippen LogP contribution in [0.1, 0.15) is 30.5 Å². The van der Waals surface area contributed by atoms with E-state index < -0.39 is 0 Å². The lowest BCUT2D eigenvalue weighted by Gasteiger charge is -2.25. The van der Waals surface area contributed by atoms with Gasteiger partial charge in [0.2, 0.25) is 0 Å². The van der Waals surface area contributed by atoms with Crippen LogP contribution in [0, 0.1) is 5.82 Å². The quantitative estimate of drug-likeness (QED) is 0.894. The maximum Gasteiger partial charge on any atom is 0.163 e. The Bertz CT molecular complexity index is 737. The number of aromatic nitrogens is 1. The van der Waals surface area contributed by atoms with E-state index >= 15 is 0 Å². The SMILES string of the molecule is CC1=C(C)C(c2ccc(F)cc2Cl)N=C(c2nccs2)N1. The first-order valence-electron chi connectivity index (χ1n) is 6.43. The van der Waals surface area contributed by atoms with Gasteiger partial charge in [-0.25, -0.2) is 9.37 Å². The normalized spacial score (nSPS) is 18.5. The average Bonchev–Trinajstić information content (AvgIpc) is 2.96. The second-order valence-electron chi connectivity index (χ2n) is 4.82. The third-order valence-corrected chi connectivity index (χ3v) is 4.56. The second-order valence-corrected chi connectivity index (χ2v) is 6.12. The van der Waals surface area contributed by atoms with Gasteiger partial charge in [0.1, 0.15) is 11.9 Å². The van der Waals surface area contributed by atoms with E-state index in [1.54, 1.807) is 12.3 Å². The van der Waals surface area contributed by atoms with Crippen molar-refractivity contribution < 1.29 is 4.39 Å². The molecular weight excluding hydrogens is 309 g/mol. The molecule has 2 aromatic rings. The van der Waals surface area contributed by atoms with Gasteiger partial charge in [0, 0.05) is 22.3 Å². The Morgan fingerprint density at radius 2 is 2.14 bits per heavy atom. The minimum absolute atomic E-state index is 0.224. The Hall–Kier alpha value is -1.72. The van der Waals surface area contributed by atoms with Crippen molar-refractivity contribution in [1.29, 1.82) is 0 Å². The molecule has 3 rings (SSSR count). The Morgan fingerprint density at radius 3 is 2.81 bits per heavy atom. The number of nitrogens with zero attached hydrogens (tertiary/aromatic N) is 2. The number of rotatable bonds is 2. The molecule has 1 aromatic heterocycles. The van der Waals surface area contributed by atoms with Crippen LogP contribution >= 0.6 is 22.9 Å². The molecule has 1 aliphatic heterocycles. The van der Waals surface area contributed by atoms with Gasteiger partial charge < -0.3 is 5.32 Å². The molecule has 0 fully saturated rings. The first kappa shape index (κ1) is 14.2. The van der Waals surface area contributed by atoms with E-state index in [0.717, 1.165) is 27.7 Å². The molecule has 108 valence electrons. The van der Waals surface area contributed by atoms with Gasteiger partial charge in [0.05, 0.1) is 0 Å². The number of benzene rings is 1. The topological polar surface area (TPSA) is 37.3 Å². The van der Waals surface area contributed by atoms with Crippen molar-refractivity contribution in [2.45, 2.75) is 19.9 Å². The minimum atomic E-state index is -0.347. The zero-order chi connectivity index (χ0) is 15.0. The lowest BCUT2D eigenvalue weighted by Crippen LogP contribution is -2.29. The van der Waals surface area contributed by atoms with Gasteiger partial charge in [-0.3, -0.25) is 4.99 Å². The smallest absolute Gasteiger partial charge is 0.163 e. The molecule has 1 atom stereocenters. The van der Waals surface area contributed by atoms with Gasteiger partial charge in [0.15, 0.2) is 10.8 Å². The summed E-state index contributed by atoms with van der Waals surface area (Å²) in [5.41, 5.74) is 2.87. The lowest BCUT2D eigenvalue weighted by molar-refractivity contribution is 0.626. The highest BCUT2D eigenvalue weighted by Crippen LogP contribution is 2.35. The minimum Gasteiger partial charge on any atom is -0.342 e. The highest BCUT2D eigenvalue weighted by atomic mass is 35.5. The van der Waals surface area contributed by atoms with Crippen LogP contribution in [-0.4, -0.2) is 10.8 Å². The van der Waals surface area contributed by atoms with Gasteiger partial charge in [0.25, 0.3) is 0 Å². The van der Waals surface area contributed by atoms with E-state index in [4.69, 9.17) is 16.6 Å². The molecule has 2 heterocycles. The predicted molar refractivity (Wildman–Crippen MR) is 84.3 cm³/mol. The highest BCUT2D eigenvalue weighted by molar-refractivity contribution is 7.11. The van der Waals surface area contributed by atoms with Crippen molar-refractivity contribution in [2.24, 2.45) is 4.99 Å². The van der Waals surface area contributed by atoms with Crippen LogP contribution < -0.4 is 5.32 Å². The third-order valence-electron chi connectivity index (χ3n) is 3.46. The molecule has 1 unspecified atom stereocenters. The number of hydrogen-bond donors (Lipinski definition) is 1. The van der Waals surface area contributed by atoms with Gasteiger partial charge >= 0.3 is 0 Å². The molecule has 0 spiro atoms. The van der Waals surface area contributed by atoms with Gasteiger partial charge in [-0.2, -0.15) is 0 Å². The zero-order valence-corrected chi connectivity index (χ0v) is 13.1. The third kappa shape index (κ3) is 2.71. The molecular formula is C15H13ClFN3S. The molecule has 1 aliphatic rings. The van der Waals surface area contributed by atoms with Crippen molar-refractivity contribution in [3.8, 4) is 0 Å². The first-order valence-corrected chi connectivity index (χ1v) is 7.69. The van der Waals surface area contributed by atoms with Crippen molar-refractivity contribution in [2.75, 3.05) is 0 Å². The Morgan fingerprint density at radius 1 is 1.33 bits per heavy atom. The summed E-state index contributed by atoms with van der Waals surface area (Å²) in [6.07, 6.45) is 1.74. The Balaban J connectivity index is 2.07. The molecule has 6 heteroatoms. The fourth-order valence-corrected chi connectivity index (χ4v) is 3.07. The summed E-state index contributed by atoms with van der Waals surface area (Å²) in [5, 5.41) is 6.37. The number of aliphatic imine (C=N–C) groups is 1. The summed E-state index contributed by atoms with van der Waals surface area (Å²) in [6.45, 7) is 3.98. The Labute approximate surface area is 131 Å². The fraction of sp³-hybridized carbons (Fsp3) is 0.200. The highest BCUT2D eigenvalue weighted by Gasteiger charge is 2.24. The van der Waals surface area contributed by atoms with E-state index in [9.17, 15) is 4.39 Å². The fourth-order valence-electron chi connectivity index (χ4n) is 2.21. The van der Waals surface area contributed by atoms with Crippen LogP contribution in [0.2, 0.25) is 5.02 Å². The summed E-state index contributed by atoms with van der Waals surface area (Å²) >= 11 is 7.70. The van der Waals surface area contributed by atoms with Gasteiger partial charge in [-0.1, -0.05) is 17.7 Å². The molecule has 1 N–H and O–H groups in total. The number of allylic oxidation sites excluding steroid dienone is 1. The molecule has 0 saturated carbocycles. The van der Waals surface area contributed by atoms with E-state index in [2.05, 4.69) is 10.3 Å². The van der Waals surface area contributed by atoms with Crippen LogP contribution in [0.4, 0.5) is 4.39 Å². The van der Waals surface area contributed by atoms with E-state index in [1.807, 2.05) is 19.2 Å². The molecule has 21 heavy (non-hydrogen) atoms. The molecule has 0 radical (unpaired) electrons. The first-order chi connectivity index (χ1) is 10.1. The van der Waals surface area contributed by atoms with Crippen LogP contribution in [0.5, 0.6) is 0 Å². The number of nitrogens with one attached hydrogen (secondary N) is 1. The monoisotopic (exact) mass is 321 g/mol. The molecule has 0 saturated heterocycles. The summed E-state index contributed by atoms with van der Waals surface area (Å²) < 4.78 is 13.2. The van der Waals surface area contributed by atoms with Crippen LogP contribution in [0.3, 0.4) is 0 Å². The summed E-state index contributed by atoms with van der Waals surface area (Å²) in [6, 6.07) is 4.19. The number of hydrogen-bond acceptors (Lipinski definition) is 4. The van der Waals surface area contributed by atoms with Gasteiger partial charge in [-0.15, -0.1) is 11.3 Å². The number of amidine groups is 1. The maximum absolute atomic E-state index is 13.2.